The summed E-state index contributed by atoms with van der Waals surface area (Å²) in [4.78, 5) is 26.4. The third-order valence-electron chi connectivity index (χ3n) is 3.43. The summed E-state index contributed by atoms with van der Waals surface area (Å²) in [6.07, 6.45) is 3.10. The summed E-state index contributed by atoms with van der Waals surface area (Å²) in [5, 5.41) is 6.22. The van der Waals surface area contributed by atoms with Crippen molar-refractivity contribution < 1.29 is 18.8 Å². The van der Waals surface area contributed by atoms with E-state index in [1.54, 1.807) is 31.4 Å². The van der Waals surface area contributed by atoms with Gasteiger partial charge in [-0.15, -0.1) is 0 Å². The molecule has 1 aromatic heterocycles. The summed E-state index contributed by atoms with van der Waals surface area (Å²) in [6.45, 7) is 2.48. The van der Waals surface area contributed by atoms with Gasteiger partial charge in [0.05, 0.1) is 7.11 Å². The first-order chi connectivity index (χ1) is 11.6. The number of hydrogen-bond donors (Lipinski definition) is 1. The van der Waals surface area contributed by atoms with E-state index in [2.05, 4.69) is 15.0 Å². The van der Waals surface area contributed by atoms with Gasteiger partial charge < -0.3 is 19.5 Å². The van der Waals surface area contributed by atoms with Crippen molar-refractivity contribution >= 4 is 17.6 Å². The quantitative estimate of drug-likeness (QED) is 0.803. The molecule has 1 N–H and O–H groups in total. The van der Waals surface area contributed by atoms with E-state index >= 15 is 0 Å². The molecule has 0 saturated carbocycles. The van der Waals surface area contributed by atoms with E-state index < -0.39 is 0 Å². The number of nitrogens with one attached hydrogen (secondary N) is 1. The molecule has 0 spiro atoms. The number of carbonyl (C=O) groups is 2. The zero-order valence-corrected chi connectivity index (χ0v) is 13.8. The Morgan fingerprint density at radius 3 is 2.83 bits per heavy atom. The lowest BCUT2D eigenvalue weighted by Crippen LogP contribution is -2.38. The van der Waals surface area contributed by atoms with E-state index in [1.807, 2.05) is 6.92 Å². The first kappa shape index (κ1) is 17.5. The topological polar surface area (TPSA) is 84.7 Å². The second-order valence-corrected chi connectivity index (χ2v) is 5.25. The summed E-state index contributed by atoms with van der Waals surface area (Å²) in [7, 11) is 1.55. The van der Waals surface area contributed by atoms with Crippen molar-refractivity contribution in [1.82, 2.24) is 10.1 Å². The molecule has 0 atom stereocenters. The van der Waals surface area contributed by atoms with Crippen molar-refractivity contribution in [2.75, 3.05) is 25.5 Å². The van der Waals surface area contributed by atoms with Crippen LogP contribution in [0.25, 0.3) is 0 Å². The van der Waals surface area contributed by atoms with Crippen LogP contribution in [0.2, 0.25) is 0 Å². The van der Waals surface area contributed by atoms with Crippen molar-refractivity contribution in [3.8, 4) is 5.75 Å². The molecule has 0 aliphatic rings. The van der Waals surface area contributed by atoms with Crippen LogP contribution in [0.4, 0.5) is 5.82 Å². The Labute approximate surface area is 140 Å². The van der Waals surface area contributed by atoms with E-state index in [1.165, 1.54) is 17.2 Å². The molecule has 0 aliphatic carbocycles. The molecular formula is C17H21N3O4. The number of methoxy groups -OCH3 is 1. The molecule has 24 heavy (non-hydrogen) atoms. The van der Waals surface area contributed by atoms with Crippen molar-refractivity contribution in [1.29, 1.82) is 0 Å². The lowest BCUT2D eigenvalue weighted by molar-refractivity contribution is -0.116. The first-order valence-corrected chi connectivity index (χ1v) is 7.77. The van der Waals surface area contributed by atoms with Crippen LogP contribution in [0.5, 0.6) is 5.75 Å². The number of hydrogen-bond acceptors (Lipinski definition) is 5. The minimum atomic E-state index is -0.323. The Balaban J connectivity index is 2.08. The molecule has 1 aromatic carbocycles. The number of carbonyl (C=O) groups excluding carboxylic acids is 2. The zero-order valence-electron chi connectivity index (χ0n) is 13.8. The summed E-state index contributed by atoms with van der Waals surface area (Å²) < 4.78 is 9.82. The van der Waals surface area contributed by atoms with Crippen LogP contribution < -0.4 is 10.1 Å². The van der Waals surface area contributed by atoms with Gasteiger partial charge in [0.1, 0.15) is 18.6 Å². The van der Waals surface area contributed by atoms with Crippen molar-refractivity contribution in [2.45, 2.75) is 19.8 Å². The average molecular weight is 331 g/mol. The molecule has 1 heterocycles. The number of amides is 2. The van der Waals surface area contributed by atoms with Gasteiger partial charge in [-0.1, -0.05) is 24.6 Å². The third kappa shape index (κ3) is 4.84. The molecule has 128 valence electrons. The highest BCUT2D eigenvalue weighted by atomic mass is 16.5. The number of anilines is 1. The fourth-order valence-electron chi connectivity index (χ4n) is 2.17. The molecule has 2 amide bonds. The van der Waals surface area contributed by atoms with E-state index in [0.717, 1.165) is 12.8 Å². The maximum Gasteiger partial charge on any atom is 0.254 e. The smallest absolute Gasteiger partial charge is 0.254 e. The van der Waals surface area contributed by atoms with Gasteiger partial charge in [0.15, 0.2) is 5.82 Å². The van der Waals surface area contributed by atoms with Gasteiger partial charge in [0.2, 0.25) is 5.91 Å². The van der Waals surface area contributed by atoms with Crippen LogP contribution in [0.15, 0.2) is 41.1 Å². The molecule has 0 fully saturated rings. The molecule has 0 saturated heterocycles. The van der Waals surface area contributed by atoms with E-state index in [9.17, 15) is 9.59 Å². The number of ether oxygens (including phenoxy) is 1. The van der Waals surface area contributed by atoms with Crippen LogP contribution in [-0.2, 0) is 4.79 Å². The Morgan fingerprint density at radius 2 is 2.17 bits per heavy atom. The summed E-state index contributed by atoms with van der Waals surface area (Å²) in [6, 6.07) is 8.43. The number of benzene rings is 1. The summed E-state index contributed by atoms with van der Waals surface area (Å²) >= 11 is 0. The Kier molecular flexibility index (Phi) is 6.36. The SMILES string of the molecule is CCCCN(CC(=O)Nc1ccon1)C(=O)c1cccc(OC)c1. The first-order valence-electron chi connectivity index (χ1n) is 7.77. The highest BCUT2D eigenvalue weighted by molar-refractivity contribution is 5.99. The zero-order chi connectivity index (χ0) is 17.4. The van der Waals surface area contributed by atoms with E-state index in [0.29, 0.717) is 23.7 Å². The third-order valence-corrected chi connectivity index (χ3v) is 3.43. The largest absolute Gasteiger partial charge is 0.497 e. The van der Waals surface area contributed by atoms with Crippen molar-refractivity contribution in [2.24, 2.45) is 0 Å². The van der Waals surface area contributed by atoms with Crippen LogP contribution >= 0.6 is 0 Å². The second-order valence-electron chi connectivity index (χ2n) is 5.25. The minimum absolute atomic E-state index is 0.0527. The number of rotatable bonds is 8. The van der Waals surface area contributed by atoms with Gasteiger partial charge in [-0.05, 0) is 24.6 Å². The maximum absolute atomic E-state index is 12.7. The van der Waals surface area contributed by atoms with Gasteiger partial charge in [-0.2, -0.15) is 0 Å². The summed E-state index contributed by atoms with van der Waals surface area (Å²) in [5.74, 6) is 0.390. The highest BCUT2D eigenvalue weighted by Gasteiger charge is 2.19. The second kappa shape index (κ2) is 8.71. The van der Waals surface area contributed by atoms with Crippen LogP contribution in [0.3, 0.4) is 0 Å². The predicted molar refractivity (Wildman–Crippen MR) is 88.9 cm³/mol. The Hall–Kier alpha value is -2.83. The number of nitrogens with zero attached hydrogens (tertiary/aromatic N) is 2. The van der Waals surface area contributed by atoms with Crippen LogP contribution in [0.1, 0.15) is 30.1 Å². The number of unbranched alkanes of at least 4 members (excludes halogenated alkanes) is 1. The number of aromatic nitrogens is 1. The molecular weight excluding hydrogens is 310 g/mol. The lowest BCUT2D eigenvalue weighted by atomic mass is 10.1. The van der Waals surface area contributed by atoms with Crippen LogP contribution in [0, 0.1) is 0 Å². The van der Waals surface area contributed by atoms with Crippen LogP contribution in [-0.4, -0.2) is 42.1 Å². The molecule has 0 aliphatic heterocycles. The van der Waals surface area contributed by atoms with Gasteiger partial charge in [0.25, 0.3) is 5.91 Å². The van der Waals surface area contributed by atoms with E-state index in [4.69, 9.17) is 4.74 Å². The molecule has 0 bridgehead atoms. The normalized spacial score (nSPS) is 10.2. The van der Waals surface area contributed by atoms with Gasteiger partial charge in [-0.25, -0.2) is 0 Å². The molecule has 7 heteroatoms. The fraction of sp³-hybridized carbons (Fsp3) is 0.353. The van der Waals surface area contributed by atoms with Crippen molar-refractivity contribution in [3.05, 3.63) is 42.2 Å². The molecule has 2 rings (SSSR count). The molecule has 0 radical (unpaired) electrons. The lowest BCUT2D eigenvalue weighted by Gasteiger charge is -2.22. The fourth-order valence-corrected chi connectivity index (χ4v) is 2.17. The Bertz CT molecular complexity index is 670. The molecule has 2 aromatic rings. The van der Waals surface area contributed by atoms with Gasteiger partial charge >= 0.3 is 0 Å². The Morgan fingerprint density at radius 1 is 1.33 bits per heavy atom. The predicted octanol–water partition coefficient (Wildman–Crippen LogP) is 2.56. The molecule has 0 unspecified atom stereocenters. The average Bonchev–Trinajstić information content (AvgIpc) is 3.10. The van der Waals surface area contributed by atoms with Gasteiger partial charge in [0, 0.05) is 18.2 Å². The summed E-state index contributed by atoms with van der Waals surface area (Å²) in [5.41, 5.74) is 0.486. The minimum Gasteiger partial charge on any atom is -0.497 e. The van der Waals surface area contributed by atoms with E-state index in [-0.39, 0.29) is 18.4 Å². The molecule has 7 nitrogen and oxygen atoms in total. The highest BCUT2D eigenvalue weighted by Crippen LogP contribution is 2.15. The maximum atomic E-state index is 12.7. The van der Waals surface area contributed by atoms with Crippen molar-refractivity contribution in [3.63, 3.8) is 0 Å². The monoisotopic (exact) mass is 331 g/mol. The standard InChI is InChI=1S/C17H21N3O4/c1-3-4-9-20(12-16(21)18-15-8-10-24-19-15)17(22)13-6-5-7-14(11-13)23-2/h5-8,10-11H,3-4,9,12H2,1-2H3,(H,18,19,21). The van der Waals surface area contributed by atoms with Gasteiger partial charge in [-0.3, -0.25) is 9.59 Å².